The van der Waals surface area contributed by atoms with Crippen LogP contribution in [0.25, 0.3) is 0 Å². The van der Waals surface area contributed by atoms with Crippen LogP contribution in [-0.4, -0.2) is 13.4 Å². The van der Waals surface area contributed by atoms with Crippen LogP contribution in [0.3, 0.4) is 0 Å². The van der Waals surface area contributed by atoms with E-state index in [2.05, 4.69) is 9.71 Å². The lowest BCUT2D eigenvalue weighted by molar-refractivity contribution is 0.566. The van der Waals surface area contributed by atoms with Crippen LogP contribution in [0.5, 0.6) is 0 Å². The molecule has 7 heteroatoms. The predicted octanol–water partition coefficient (Wildman–Crippen LogP) is 2.20. The van der Waals surface area contributed by atoms with Crippen LogP contribution in [0.15, 0.2) is 40.7 Å². The summed E-state index contributed by atoms with van der Waals surface area (Å²) in [7, 11) is -3.58. The Morgan fingerprint density at radius 2 is 2.10 bits per heavy atom. The molecule has 1 heterocycles. The van der Waals surface area contributed by atoms with E-state index in [0.717, 1.165) is 10.6 Å². The summed E-state index contributed by atoms with van der Waals surface area (Å²) < 4.78 is 27.3. The molecule has 0 saturated carbocycles. The smallest absolute Gasteiger partial charge is 0.241 e. The van der Waals surface area contributed by atoms with Crippen LogP contribution in [-0.2, 0) is 10.0 Å². The van der Waals surface area contributed by atoms with Gasteiger partial charge in [0.25, 0.3) is 0 Å². The van der Waals surface area contributed by atoms with Crippen molar-refractivity contribution >= 4 is 21.4 Å². The molecule has 2 rings (SSSR count). The van der Waals surface area contributed by atoms with Crippen molar-refractivity contribution < 1.29 is 8.42 Å². The van der Waals surface area contributed by atoms with E-state index in [9.17, 15) is 8.42 Å². The van der Waals surface area contributed by atoms with Gasteiger partial charge in [0, 0.05) is 17.6 Å². The minimum absolute atomic E-state index is 0.207. The molecule has 0 fully saturated rings. The first-order chi connectivity index (χ1) is 9.40. The largest absolute Gasteiger partial charge is 0.324 e. The molecule has 0 radical (unpaired) electrons. The van der Waals surface area contributed by atoms with Crippen LogP contribution in [0.1, 0.15) is 36.5 Å². The van der Waals surface area contributed by atoms with Gasteiger partial charge in [0.2, 0.25) is 10.0 Å². The van der Waals surface area contributed by atoms with E-state index in [-0.39, 0.29) is 17.0 Å². The minimum atomic E-state index is -3.58. The molecule has 0 aliphatic carbocycles. The summed E-state index contributed by atoms with van der Waals surface area (Å²) in [6, 6.07) is 6.10. The maximum absolute atomic E-state index is 12.3. The summed E-state index contributed by atoms with van der Waals surface area (Å²) in [5.41, 5.74) is 6.57. The quantitative estimate of drug-likeness (QED) is 0.886. The molecule has 108 valence electrons. The molecule has 0 amide bonds. The number of nitrogens with one attached hydrogen (secondary N) is 1. The number of sulfonamides is 1. The van der Waals surface area contributed by atoms with Crippen LogP contribution < -0.4 is 10.5 Å². The van der Waals surface area contributed by atoms with Crippen molar-refractivity contribution in [2.45, 2.75) is 30.8 Å². The van der Waals surface area contributed by atoms with E-state index in [1.165, 1.54) is 11.3 Å². The fourth-order valence-corrected chi connectivity index (χ4v) is 3.75. The number of nitrogens with zero attached hydrogens (tertiary/aromatic N) is 1. The zero-order chi connectivity index (χ0) is 14.8. The van der Waals surface area contributed by atoms with E-state index in [0.29, 0.717) is 0 Å². The Morgan fingerprint density at radius 3 is 2.70 bits per heavy atom. The molecule has 0 spiro atoms. The number of aromatic nitrogens is 1. The van der Waals surface area contributed by atoms with Crippen LogP contribution >= 0.6 is 11.3 Å². The number of rotatable bonds is 5. The summed E-state index contributed by atoms with van der Waals surface area (Å²) in [5, 5.41) is 2.55. The second-order valence-corrected chi connectivity index (χ2v) is 7.21. The minimum Gasteiger partial charge on any atom is -0.324 e. The first-order valence-corrected chi connectivity index (χ1v) is 8.53. The zero-order valence-corrected chi connectivity index (χ0v) is 12.9. The van der Waals surface area contributed by atoms with Crippen molar-refractivity contribution in [2.24, 2.45) is 5.73 Å². The second-order valence-electron chi connectivity index (χ2n) is 4.57. The molecule has 5 nitrogen and oxygen atoms in total. The van der Waals surface area contributed by atoms with Gasteiger partial charge in [0.05, 0.1) is 10.9 Å². The average molecular weight is 311 g/mol. The number of hydrogen-bond donors (Lipinski definition) is 2. The van der Waals surface area contributed by atoms with E-state index >= 15 is 0 Å². The third kappa shape index (κ3) is 3.43. The first-order valence-electron chi connectivity index (χ1n) is 6.17. The van der Waals surface area contributed by atoms with E-state index in [1.54, 1.807) is 31.3 Å². The predicted molar refractivity (Wildman–Crippen MR) is 79.9 cm³/mol. The summed E-state index contributed by atoms with van der Waals surface area (Å²) in [4.78, 5) is 4.33. The summed E-state index contributed by atoms with van der Waals surface area (Å²) >= 11 is 1.42. The monoisotopic (exact) mass is 311 g/mol. The Kier molecular flexibility index (Phi) is 4.54. The Balaban J connectivity index is 2.24. The van der Waals surface area contributed by atoms with Gasteiger partial charge in [0.15, 0.2) is 0 Å². The maximum atomic E-state index is 12.3. The van der Waals surface area contributed by atoms with Gasteiger partial charge in [-0.15, -0.1) is 11.3 Å². The molecule has 2 aromatic rings. The number of hydrogen-bond acceptors (Lipinski definition) is 5. The molecular weight excluding hydrogens is 294 g/mol. The number of benzene rings is 1. The van der Waals surface area contributed by atoms with Gasteiger partial charge in [-0.2, -0.15) is 0 Å². The van der Waals surface area contributed by atoms with Gasteiger partial charge in [-0.3, -0.25) is 0 Å². The van der Waals surface area contributed by atoms with Crippen molar-refractivity contribution in [3.63, 3.8) is 0 Å². The highest BCUT2D eigenvalue weighted by molar-refractivity contribution is 7.89. The van der Waals surface area contributed by atoms with Gasteiger partial charge < -0.3 is 5.73 Å². The highest BCUT2D eigenvalue weighted by Gasteiger charge is 2.20. The summed E-state index contributed by atoms with van der Waals surface area (Å²) in [5.74, 6) is 0. The molecule has 3 N–H and O–H groups in total. The molecule has 2 unspecified atom stereocenters. The van der Waals surface area contributed by atoms with Crippen molar-refractivity contribution in [2.75, 3.05) is 0 Å². The lowest BCUT2D eigenvalue weighted by atomic mass is 10.1. The molecular formula is C13H17N3O2S2. The number of thiazole rings is 1. The van der Waals surface area contributed by atoms with Crippen LogP contribution in [0.4, 0.5) is 0 Å². The summed E-state index contributed by atoms with van der Waals surface area (Å²) in [6.45, 7) is 3.59. The Morgan fingerprint density at radius 1 is 1.35 bits per heavy atom. The molecule has 20 heavy (non-hydrogen) atoms. The molecule has 1 aromatic carbocycles. The van der Waals surface area contributed by atoms with Gasteiger partial charge in [-0.05, 0) is 31.5 Å². The third-order valence-electron chi connectivity index (χ3n) is 2.85. The topological polar surface area (TPSA) is 85.1 Å². The standard InChI is InChI=1S/C13H17N3O2S2/c1-9(14)11-4-3-5-12(8-11)20(17,18)16-10(2)13-15-6-7-19-13/h3-10,16H,14H2,1-2H3. The van der Waals surface area contributed by atoms with Gasteiger partial charge in [0.1, 0.15) is 5.01 Å². The molecule has 0 aliphatic heterocycles. The highest BCUT2D eigenvalue weighted by Crippen LogP contribution is 2.20. The highest BCUT2D eigenvalue weighted by atomic mass is 32.2. The van der Waals surface area contributed by atoms with E-state index < -0.39 is 10.0 Å². The van der Waals surface area contributed by atoms with Gasteiger partial charge in [-0.25, -0.2) is 18.1 Å². The fourth-order valence-electron chi connectivity index (χ4n) is 1.76. The third-order valence-corrected chi connectivity index (χ3v) is 5.34. The lowest BCUT2D eigenvalue weighted by Crippen LogP contribution is -2.27. The van der Waals surface area contributed by atoms with E-state index in [4.69, 9.17) is 5.73 Å². The van der Waals surface area contributed by atoms with E-state index in [1.807, 2.05) is 18.4 Å². The SMILES string of the molecule is CC(N)c1cccc(S(=O)(=O)NC(C)c2nccs2)c1. The molecule has 0 saturated heterocycles. The van der Waals surface area contributed by atoms with Crippen molar-refractivity contribution in [3.8, 4) is 0 Å². The average Bonchev–Trinajstić information content (AvgIpc) is 2.92. The Hall–Kier alpha value is -1.28. The lowest BCUT2D eigenvalue weighted by Gasteiger charge is -2.13. The van der Waals surface area contributed by atoms with Gasteiger partial charge >= 0.3 is 0 Å². The molecule has 0 bridgehead atoms. The van der Waals surface area contributed by atoms with Crippen molar-refractivity contribution in [3.05, 3.63) is 46.4 Å². The number of nitrogens with two attached hydrogens (primary N) is 1. The normalized spacial score (nSPS) is 14.9. The second kappa shape index (κ2) is 6.01. The first kappa shape index (κ1) is 15.1. The fraction of sp³-hybridized carbons (Fsp3) is 0.308. The Labute approximate surface area is 122 Å². The van der Waals surface area contributed by atoms with Crippen LogP contribution in [0, 0.1) is 0 Å². The molecule has 0 aliphatic rings. The molecule has 2 atom stereocenters. The summed E-state index contributed by atoms with van der Waals surface area (Å²) in [6.07, 6.45) is 1.65. The van der Waals surface area contributed by atoms with Gasteiger partial charge in [-0.1, -0.05) is 12.1 Å². The van der Waals surface area contributed by atoms with Crippen molar-refractivity contribution in [1.82, 2.24) is 9.71 Å². The Bertz CT molecular complexity index is 667. The molecule has 1 aromatic heterocycles. The van der Waals surface area contributed by atoms with Crippen molar-refractivity contribution in [1.29, 1.82) is 0 Å². The van der Waals surface area contributed by atoms with Crippen LogP contribution in [0.2, 0.25) is 0 Å². The zero-order valence-electron chi connectivity index (χ0n) is 11.3. The maximum Gasteiger partial charge on any atom is 0.241 e.